The summed E-state index contributed by atoms with van der Waals surface area (Å²) in [5.41, 5.74) is 3.19. The van der Waals surface area contributed by atoms with E-state index in [0.29, 0.717) is 28.4 Å². The predicted molar refractivity (Wildman–Crippen MR) is 131 cm³/mol. The SMILES string of the molecule is C=C1C=NN(Cc2cc(-c3ccc(NCC(C)(F)F)cc3)no2)C=C1N=C(C)c1cccc(F)c1F. The van der Waals surface area contributed by atoms with E-state index in [9.17, 15) is 17.6 Å². The van der Waals surface area contributed by atoms with Crippen LogP contribution >= 0.6 is 0 Å². The number of allylic oxidation sites excluding steroid dienone is 1. The average Bonchev–Trinajstić information content (AvgIpc) is 3.30. The molecule has 186 valence electrons. The maximum absolute atomic E-state index is 14.1. The Morgan fingerprint density at radius 1 is 1.17 bits per heavy atom. The number of hydrogen-bond acceptors (Lipinski definition) is 6. The molecule has 0 aliphatic carbocycles. The summed E-state index contributed by atoms with van der Waals surface area (Å²) >= 11 is 0. The second-order valence-corrected chi connectivity index (χ2v) is 8.36. The first-order valence-electron chi connectivity index (χ1n) is 11.0. The van der Waals surface area contributed by atoms with Crippen molar-refractivity contribution in [2.24, 2.45) is 10.1 Å². The molecule has 1 aromatic heterocycles. The molecule has 0 bridgehead atoms. The lowest BCUT2D eigenvalue weighted by Gasteiger charge is -2.18. The molecular weight excluding hydrogens is 474 g/mol. The number of benzene rings is 2. The van der Waals surface area contributed by atoms with Crippen molar-refractivity contribution in [2.45, 2.75) is 26.3 Å². The van der Waals surface area contributed by atoms with Gasteiger partial charge in [0.05, 0.1) is 24.7 Å². The van der Waals surface area contributed by atoms with E-state index in [-0.39, 0.29) is 17.8 Å². The van der Waals surface area contributed by atoms with Crippen LogP contribution in [0.4, 0.5) is 23.2 Å². The average molecular weight is 497 g/mol. The first-order valence-corrected chi connectivity index (χ1v) is 11.0. The van der Waals surface area contributed by atoms with Crippen molar-refractivity contribution in [3.63, 3.8) is 0 Å². The van der Waals surface area contributed by atoms with Crippen LogP contribution in [0.15, 0.2) is 87.2 Å². The van der Waals surface area contributed by atoms with Crippen LogP contribution in [0.1, 0.15) is 25.2 Å². The summed E-state index contributed by atoms with van der Waals surface area (Å²) in [7, 11) is 0. The standard InChI is InChI=1S/C26H23F4N5O/c1-16-12-32-35(14-24(16)33-17(2)21-5-4-6-22(27)25(21)28)13-20-11-23(34-36-20)18-7-9-19(10-8-18)31-15-26(3,29)30/h4-12,14,31H,1,13,15H2,2-3H3. The van der Waals surface area contributed by atoms with Crippen molar-refractivity contribution in [1.82, 2.24) is 10.2 Å². The first kappa shape index (κ1) is 24.9. The molecule has 0 amide bonds. The zero-order valence-corrected chi connectivity index (χ0v) is 19.6. The Labute approximate surface area is 205 Å². The fourth-order valence-corrected chi connectivity index (χ4v) is 3.38. The minimum absolute atomic E-state index is 0.0577. The number of aromatic nitrogens is 1. The van der Waals surface area contributed by atoms with Crippen LogP contribution in [0.25, 0.3) is 11.3 Å². The van der Waals surface area contributed by atoms with Gasteiger partial charge in [0.15, 0.2) is 17.4 Å². The van der Waals surface area contributed by atoms with E-state index in [1.807, 2.05) is 0 Å². The Hall–Kier alpha value is -4.21. The molecule has 4 rings (SSSR count). The van der Waals surface area contributed by atoms with E-state index in [1.54, 1.807) is 48.5 Å². The van der Waals surface area contributed by atoms with Crippen LogP contribution in [0, 0.1) is 11.6 Å². The van der Waals surface area contributed by atoms with Crippen LogP contribution in [-0.4, -0.2) is 34.6 Å². The van der Waals surface area contributed by atoms with E-state index in [2.05, 4.69) is 27.1 Å². The molecule has 0 saturated heterocycles. The highest BCUT2D eigenvalue weighted by atomic mass is 19.3. The summed E-state index contributed by atoms with van der Waals surface area (Å²) in [5, 5.41) is 12.6. The second-order valence-electron chi connectivity index (χ2n) is 8.36. The summed E-state index contributed by atoms with van der Waals surface area (Å²) in [5.74, 6) is -4.21. The van der Waals surface area contributed by atoms with Gasteiger partial charge in [-0.25, -0.2) is 17.6 Å². The summed E-state index contributed by atoms with van der Waals surface area (Å²) in [6, 6.07) is 12.5. The topological polar surface area (TPSA) is 66.0 Å². The van der Waals surface area contributed by atoms with Crippen LogP contribution in [0.5, 0.6) is 0 Å². The number of alkyl halides is 2. The van der Waals surface area contributed by atoms with E-state index in [1.165, 1.54) is 18.3 Å². The third-order valence-corrected chi connectivity index (χ3v) is 5.25. The molecule has 3 aromatic rings. The zero-order valence-electron chi connectivity index (χ0n) is 19.6. The Morgan fingerprint density at radius 2 is 1.92 bits per heavy atom. The maximum atomic E-state index is 14.1. The van der Waals surface area contributed by atoms with Gasteiger partial charge in [-0.1, -0.05) is 29.9 Å². The zero-order chi connectivity index (χ0) is 25.9. The smallest absolute Gasteiger partial charge is 0.262 e. The lowest BCUT2D eigenvalue weighted by Crippen LogP contribution is -2.22. The number of rotatable bonds is 8. The van der Waals surface area contributed by atoms with Crippen LogP contribution in [0.3, 0.4) is 0 Å². The lowest BCUT2D eigenvalue weighted by molar-refractivity contribution is 0.0368. The normalized spacial score (nSPS) is 14.3. The highest BCUT2D eigenvalue weighted by Crippen LogP contribution is 2.24. The van der Waals surface area contributed by atoms with Gasteiger partial charge >= 0.3 is 0 Å². The van der Waals surface area contributed by atoms with Gasteiger partial charge in [0.25, 0.3) is 5.92 Å². The van der Waals surface area contributed by atoms with Gasteiger partial charge < -0.3 is 9.84 Å². The minimum atomic E-state index is -2.81. The first-order chi connectivity index (χ1) is 17.1. The molecule has 0 radical (unpaired) electrons. The van der Waals surface area contributed by atoms with E-state index in [4.69, 9.17) is 4.52 Å². The predicted octanol–water partition coefficient (Wildman–Crippen LogP) is 6.40. The van der Waals surface area contributed by atoms with Crippen molar-refractivity contribution in [1.29, 1.82) is 0 Å². The number of halogens is 4. The van der Waals surface area contributed by atoms with Gasteiger partial charge in [0, 0.05) is 41.1 Å². The molecule has 2 heterocycles. The molecule has 36 heavy (non-hydrogen) atoms. The van der Waals surface area contributed by atoms with Gasteiger partial charge in [-0.3, -0.25) is 10.0 Å². The largest absolute Gasteiger partial charge is 0.379 e. The Morgan fingerprint density at radius 3 is 2.64 bits per heavy atom. The third-order valence-electron chi connectivity index (χ3n) is 5.25. The molecule has 0 atom stereocenters. The van der Waals surface area contributed by atoms with Crippen LogP contribution < -0.4 is 5.32 Å². The highest BCUT2D eigenvalue weighted by Gasteiger charge is 2.20. The molecule has 0 fully saturated rings. The Kier molecular flexibility index (Phi) is 7.05. The lowest BCUT2D eigenvalue weighted by atomic mass is 10.1. The van der Waals surface area contributed by atoms with Crippen molar-refractivity contribution >= 4 is 17.6 Å². The van der Waals surface area contributed by atoms with Gasteiger partial charge in [0.1, 0.15) is 12.2 Å². The Balaban J connectivity index is 1.45. The molecule has 10 heteroatoms. The molecule has 0 unspecified atom stereocenters. The van der Waals surface area contributed by atoms with Crippen molar-refractivity contribution in [2.75, 3.05) is 11.9 Å². The monoisotopic (exact) mass is 497 g/mol. The van der Waals surface area contributed by atoms with Gasteiger partial charge in [-0.2, -0.15) is 5.10 Å². The van der Waals surface area contributed by atoms with E-state index >= 15 is 0 Å². The fraction of sp³-hybridized carbons (Fsp3) is 0.192. The van der Waals surface area contributed by atoms with Crippen molar-refractivity contribution < 1.29 is 22.1 Å². The van der Waals surface area contributed by atoms with Gasteiger partial charge in [-0.15, -0.1) is 0 Å². The van der Waals surface area contributed by atoms with Crippen molar-refractivity contribution in [3.05, 3.63) is 95.5 Å². The molecule has 1 aliphatic heterocycles. The van der Waals surface area contributed by atoms with Crippen LogP contribution in [0.2, 0.25) is 0 Å². The van der Waals surface area contributed by atoms with Gasteiger partial charge in [0.2, 0.25) is 0 Å². The van der Waals surface area contributed by atoms with E-state index < -0.39 is 24.1 Å². The summed E-state index contributed by atoms with van der Waals surface area (Å²) < 4.78 is 59.2. The number of nitrogens with one attached hydrogen (secondary N) is 1. The molecule has 0 spiro atoms. The molecule has 2 aromatic carbocycles. The minimum Gasteiger partial charge on any atom is -0.379 e. The number of hydrogen-bond donors (Lipinski definition) is 1. The number of anilines is 1. The quantitative estimate of drug-likeness (QED) is 0.289. The summed E-state index contributed by atoms with van der Waals surface area (Å²) in [4.78, 5) is 4.41. The van der Waals surface area contributed by atoms with Crippen molar-refractivity contribution in [3.8, 4) is 11.3 Å². The molecule has 6 nitrogen and oxygen atoms in total. The van der Waals surface area contributed by atoms with Gasteiger partial charge in [-0.05, 0) is 31.2 Å². The highest BCUT2D eigenvalue weighted by molar-refractivity contribution is 6.00. The van der Waals surface area contributed by atoms with E-state index in [0.717, 1.165) is 18.6 Å². The number of aliphatic imine (C=N–C) groups is 1. The number of hydrazone groups is 1. The molecule has 1 aliphatic rings. The van der Waals surface area contributed by atoms with Crippen LogP contribution in [-0.2, 0) is 6.54 Å². The number of nitrogens with zero attached hydrogens (tertiary/aromatic N) is 4. The second kappa shape index (κ2) is 10.2. The fourth-order valence-electron chi connectivity index (χ4n) is 3.38. The molecule has 1 N–H and O–H groups in total. The summed E-state index contributed by atoms with van der Waals surface area (Å²) in [6.07, 6.45) is 3.13. The third kappa shape index (κ3) is 6.07. The molecular formula is C26H23F4N5O. The molecule has 0 saturated carbocycles. The maximum Gasteiger partial charge on any atom is 0.262 e. The Bertz CT molecular complexity index is 1350. The summed E-state index contributed by atoms with van der Waals surface area (Å²) in [6.45, 7) is 6.10.